The van der Waals surface area contributed by atoms with Gasteiger partial charge in [-0.2, -0.15) is 5.10 Å². The van der Waals surface area contributed by atoms with Crippen LogP contribution in [0.1, 0.15) is 5.56 Å². The quantitative estimate of drug-likeness (QED) is 0.222. The lowest BCUT2D eigenvalue weighted by Crippen LogP contribution is -2.03. The molecule has 0 aliphatic rings. The number of nitrogens with zero attached hydrogens (tertiary/aromatic N) is 4. The molecule has 3 aromatic carbocycles. The normalized spacial score (nSPS) is 10.8. The molecule has 9 heteroatoms. The highest BCUT2D eigenvalue weighted by Gasteiger charge is 2.14. The number of para-hydroxylation sites is 1. The summed E-state index contributed by atoms with van der Waals surface area (Å²) >= 11 is 0. The van der Waals surface area contributed by atoms with Gasteiger partial charge in [-0.3, -0.25) is 0 Å². The van der Waals surface area contributed by atoms with Crippen LogP contribution in [0.2, 0.25) is 0 Å². The monoisotopic (exact) mass is 443 g/mol. The van der Waals surface area contributed by atoms with E-state index in [4.69, 9.17) is 9.47 Å². The SMILES string of the molecule is COc1ccc(-c2nnc(N/N=C/c3cccc(O)c3O)nc2-c2ccc(OC)cc2)cc1. The number of anilines is 1. The molecule has 0 unspecified atom stereocenters. The van der Waals surface area contributed by atoms with Crippen LogP contribution in [0.5, 0.6) is 23.0 Å². The second-order valence-corrected chi connectivity index (χ2v) is 6.87. The molecular weight excluding hydrogens is 422 g/mol. The van der Waals surface area contributed by atoms with Crippen molar-refractivity contribution in [3.63, 3.8) is 0 Å². The lowest BCUT2D eigenvalue weighted by Gasteiger charge is -2.10. The van der Waals surface area contributed by atoms with Crippen LogP contribution >= 0.6 is 0 Å². The number of phenolic OH excluding ortho intramolecular Hbond substituents is 2. The first-order valence-corrected chi connectivity index (χ1v) is 9.92. The molecule has 0 saturated carbocycles. The van der Waals surface area contributed by atoms with Gasteiger partial charge in [0.15, 0.2) is 11.5 Å². The van der Waals surface area contributed by atoms with E-state index in [-0.39, 0.29) is 17.4 Å². The van der Waals surface area contributed by atoms with E-state index in [1.165, 1.54) is 12.3 Å². The first-order chi connectivity index (χ1) is 16.1. The van der Waals surface area contributed by atoms with Crippen LogP contribution in [0.4, 0.5) is 5.95 Å². The summed E-state index contributed by atoms with van der Waals surface area (Å²) in [5.41, 5.74) is 5.86. The van der Waals surface area contributed by atoms with Gasteiger partial charge in [-0.25, -0.2) is 10.4 Å². The van der Waals surface area contributed by atoms with Crippen molar-refractivity contribution < 1.29 is 19.7 Å². The van der Waals surface area contributed by atoms with Crippen LogP contribution in [0, 0.1) is 0 Å². The number of hydrogen-bond acceptors (Lipinski definition) is 9. The van der Waals surface area contributed by atoms with Crippen molar-refractivity contribution in [3.8, 4) is 45.5 Å². The number of benzene rings is 3. The minimum atomic E-state index is -0.268. The maximum Gasteiger partial charge on any atom is 0.263 e. The van der Waals surface area contributed by atoms with Gasteiger partial charge in [0.2, 0.25) is 0 Å². The highest BCUT2D eigenvalue weighted by atomic mass is 16.5. The smallest absolute Gasteiger partial charge is 0.263 e. The first-order valence-electron chi connectivity index (χ1n) is 9.92. The summed E-state index contributed by atoms with van der Waals surface area (Å²) in [7, 11) is 3.21. The highest BCUT2D eigenvalue weighted by molar-refractivity contribution is 5.85. The molecule has 4 rings (SSSR count). The number of methoxy groups -OCH3 is 2. The molecule has 166 valence electrons. The zero-order chi connectivity index (χ0) is 23.2. The van der Waals surface area contributed by atoms with Gasteiger partial charge in [-0.1, -0.05) is 6.07 Å². The van der Waals surface area contributed by atoms with Gasteiger partial charge in [0.25, 0.3) is 5.95 Å². The average molecular weight is 443 g/mol. The Morgan fingerprint density at radius 1 is 0.788 bits per heavy atom. The summed E-state index contributed by atoms with van der Waals surface area (Å²) in [4.78, 5) is 4.61. The van der Waals surface area contributed by atoms with E-state index in [1.54, 1.807) is 26.4 Å². The number of aromatic hydroxyl groups is 2. The molecule has 0 bridgehead atoms. The molecule has 9 nitrogen and oxygen atoms in total. The third kappa shape index (κ3) is 4.82. The first kappa shape index (κ1) is 21.6. The van der Waals surface area contributed by atoms with E-state index in [9.17, 15) is 10.2 Å². The van der Waals surface area contributed by atoms with Crippen LogP contribution in [-0.4, -0.2) is 45.8 Å². The van der Waals surface area contributed by atoms with Gasteiger partial charge in [-0.15, -0.1) is 10.2 Å². The minimum absolute atomic E-state index is 0.161. The molecule has 0 fully saturated rings. The molecule has 1 heterocycles. The lowest BCUT2D eigenvalue weighted by molar-refractivity contribution is 0.403. The minimum Gasteiger partial charge on any atom is -0.504 e. The predicted octanol–water partition coefficient (Wildman–Crippen LogP) is 4.08. The Bertz CT molecular complexity index is 1280. The Labute approximate surface area is 190 Å². The molecule has 33 heavy (non-hydrogen) atoms. The largest absolute Gasteiger partial charge is 0.504 e. The van der Waals surface area contributed by atoms with E-state index in [0.717, 1.165) is 22.6 Å². The van der Waals surface area contributed by atoms with Gasteiger partial charge in [-0.05, 0) is 60.7 Å². The summed E-state index contributed by atoms with van der Waals surface area (Å²) in [5.74, 6) is 1.11. The molecule has 0 atom stereocenters. The predicted molar refractivity (Wildman–Crippen MR) is 125 cm³/mol. The van der Waals surface area contributed by atoms with Crippen molar-refractivity contribution in [2.75, 3.05) is 19.6 Å². The van der Waals surface area contributed by atoms with Gasteiger partial charge in [0.1, 0.15) is 22.9 Å². The number of aromatic nitrogens is 3. The molecule has 0 spiro atoms. The molecular formula is C24H21N5O4. The number of ether oxygens (including phenoxy) is 2. The number of nitrogens with one attached hydrogen (secondary N) is 1. The van der Waals surface area contributed by atoms with Crippen LogP contribution in [-0.2, 0) is 0 Å². The van der Waals surface area contributed by atoms with Crippen LogP contribution in [0.15, 0.2) is 71.8 Å². The maximum absolute atomic E-state index is 9.90. The van der Waals surface area contributed by atoms with Crippen molar-refractivity contribution in [2.24, 2.45) is 5.10 Å². The Hall–Kier alpha value is -4.66. The summed E-state index contributed by atoms with van der Waals surface area (Å²) in [6, 6.07) is 19.5. The van der Waals surface area contributed by atoms with Gasteiger partial charge < -0.3 is 19.7 Å². The second kappa shape index (κ2) is 9.65. The number of rotatable bonds is 7. The second-order valence-electron chi connectivity index (χ2n) is 6.87. The lowest BCUT2D eigenvalue weighted by atomic mass is 10.0. The fraction of sp³-hybridized carbons (Fsp3) is 0.0833. The third-order valence-electron chi connectivity index (χ3n) is 4.83. The van der Waals surface area contributed by atoms with Crippen molar-refractivity contribution in [3.05, 3.63) is 72.3 Å². The fourth-order valence-corrected chi connectivity index (χ4v) is 3.08. The van der Waals surface area contributed by atoms with Crippen LogP contribution in [0.25, 0.3) is 22.5 Å². The standard InChI is InChI=1S/C24H21N5O4/c1-32-18-10-6-15(7-11-18)21-22(16-8-12-19(33-2)13-9-16)27-29-24(26-21)28-25-14-17-4-3-5-20(30)23(17)31/h3-14,30-31H,1-2H3,(H,26,28,29)/b25-14+. The molecule has 0 aliphatic heterocycles. The van der Waals surface area contributed by atoms with Crippen molar-refractivity contribution in [1.29, 1.82) is 0 Å². The Morgan fingerprint density at radius 2 is 1.39 bits per heavy atom. The summed E-state index contributed by atoms with van der Waals surface area (Å²) in [6.45, 7) is 0. The van der Waals surface area contributed by atoms with Crippen LogP contribution < -0.4 is 14.9 Å². The van der Waals surface area contributed by atoms with Gasteiger partial charge in [0.05, 0.1) is 20.4 Å². The van der Waals surface area contributed by atoms with E-state index < -0.39 is 0 Å². The maximum atomic E-state index is 9.90. The van der Waals surface area contributed by atoms with Gasteiger partial charge in [0, 0.05) is 16.7 Å². The molecule has 0 aliphatic carbocycles. The average Bonchev–Trinajstić information content (AvgIpc) is 2.86. The fourth-order valence-electron chi connectivity index (χ4n) is 3.08. The zero-order valence-electron chi connectivity index (χ0n) is 17.9. The Kier molecular flexibility index (Phi) is 6.31. The third-order valence-corrected chi connectivity index (χ3v) is 4.83. The van der Waals surface area contributed by atoms with E-state index in [0.29, 0.717) is 17.0 Å². The summed E-state index contributed by atoms with van der Waals surface area (Å²) in [6.07, 6.45) is 1.35. The summed E-state index contributed by atoms with van der Waals surface area (Å²) < 4.78 is 10.5. The zero-order valence-corrected chi connectivity index (χ0v) is 17.9. The van der Waals surface area contributed by atoms with Crippen molar-refractivity contribution in [1.82, 2.24) is 15.2 Å². The van der Waals surface area contributed by atoms with E-state index in [1.807, 2.05) is 48.5 Å². The molecule has 1 aromatic heterocycles. The highest BCUT2D eigenvalue weighted by Crippen LogP contribution is 2.31. The number of phenols is 2. The van der Waals surface area contributed by atoms with Crippen LogP contribution in [0.3, 0.4) is 0 Å². The van der Waals surface area contributed by atoms with E-state index in [2.05, 4.69) is 25.7 Å². The molecule has 0 radical (unpaired) electrons. The molecule has 0 saturated heterocycles. The molecule has 4 aromatic rings. The number of hydrazone groups is 1. The van der Waals surface area contributed by atoms with E-state index >= 15 is 0 Å². The summed E-state index contributed by atoms with van der Waals surface area (Å²) in [5, 5.41) is 32.1. The topological polar surface area (TPSA) is 122 Å². The molecule has 0 amide bonds. The van der Waals surface area contributed by atoms with Gasteiger partial charge >= 0.3 is 0 Å². The van der Waals surface area contributed by atoms with Crippen molar-refractivity contribution >= 4 is 12.2 Å². The molecule has 3 N–H and O–H groups in total. The van der Waals surface area contributed by atoms with Crippen molar-refractivity contribution in [2.45, 2.75) is 0 Å². The Balaban J connectivity index is 1.69. The Morgan fingerprint density at radius 3 is 2.00 bits per heavy atom. The number of hydrogen-bond donors (Lipinski definition) is 3.